The third-order valence-corrected chi connectivity index (χ3v) is 3.62. The van der Waals surface area contributed by atoms with E-state index in [4.69, 9.17) is 21.1 Å². The molecular formula is C15H22N6O8. The van der Waals surface area contributed by atoms with E-state index < -0.39 is 67.4 Å². The number of nitrogens with two attached hydrogens (primary N) is 1. The number of aromatic amines is 1. The van der Waals surface area contributed by atoms with Gasteiger partial charge in [-0.1, -0.05) is 0 Å². The first kappa shape index (κ1) is 23.5. The van der Waals surface area contributed by atoms with Crippen LogP contribution in [0.4, 0.5) is 0 Å². The molecule has 0 spiro atoms. The number of carboxylic acid groups (broad SMARTS) is 2. The summed E-state index contributed by atoms with van der Waals surface area (Å²) in [4.78, 5) is 64.9. The Labute approximate surface area is 163 Å². The molecule has 3 atom stereocenters. The molecule has 1 aromatic heterocycles. The molecule has 1 aromatic rings. The molecule has 0 aromatic carbocycles. The number of aliphatic carboxylic acids is 2. The van der Waals surface area contributed by atoms with Gasteiger partial charge in [-0.3, -0.25) is 19.2 Å². The lowest BCUT2D eigenvalue weighted by atomic mass is 10.1. The van der Waals surface area contributed by atoms with E-state index in [-0.39, 0.29) is 6.42 Å². The summed E-state index contributed by atoms with van der Waals surface area (Å²) in [6, 6.07) is -4.57. The molecule has 0 radical (unpaired) electrons. The van der Waals surface area contributed by atoms with Gasteiger partial charge in [0.15, 0.2) is 0 Å². The van der Waals surface area contributed by atoms with Crippen LogP contribution in [0.1, 0.15) is 12.1 Å². The number of carboxylic acids is 2. The zero-order valence-electron chi connectivity index (χ0n) is 15.1. The Bertz CT molecular complexity index is 737. The number of H-pyrrole nitrogens is 1. The molecule has 160 valence electrons. The van der Waals surface area contributed by atoms with Gasteiger partial charge in [-0.25, -0.2) is 9.78 Å². The normalized spacial score (nSPS) is 13.6. The number of hydrogen-bond acceptors (Lipinski definition) is 8. The van der Waals surface area contributed by atoms with Gasteiger partial charge in [0.1, 0.15) is 18.1 Å². The summed E-state index contributed by atoms with van der Waals surface area (Å²) in [5, 5.41) is 33.3. The van der Waals surface area contributed by atoms with E-state index in [1.165, 1.54) is 12.5 Å². The fourth-order valence-electron chi connectivity index (χ4n) is 2.19. The molecule has 29 heavy (non-hydrogen) atoms. The zero-order valence-corrected chi connectivity index (χ0v) is 15.1. The molecular weight excluding hydrogens is 392 g/mol. The third-order valence-electron chi connectivity index (χ3n) is 3.62. The van der Waals surface area contributed by atoms with Gasteiger partial charge in [-0.05, 0) is 0 Å². The minimum atomic E-state index is -1.69. The summed E-state index contributed by atoms with van der Waals surface area (Å²) in [5.74, 6) is -5.70. The third kappa shape index (κ3) is 7.94. The molecule has 3 amide bonds. The highest BCUT2D eigenvalue weighted by atomic mass is 16.4. The second kappa shape index (κ2) is 11.4. The van der Waals surface area contributed by atoms with Crippen molar-refractivity contribution in [1.29, 1.82) is 0 Å². The van der Waals surface area contributed by atoms with E-state index in [2.05, 4.69) is 20.6 Å². The number of rotatable bonds is 12. The van der Waals surface area contributed by atoms with Gasteiger partial charge in [0, 0.05) is 18.3 Å². The fraction of sp³-hybridized carbons (Fsp3) is 0.467. The van der Waals surface area contributed by atoms with Crippen molar-refractivity contribution in [2.24, 2.45) is 5.73 Å². The second-order valence-electron chi connectivity index (χ2n) is 5.85. The van der Waals surface area contributed by atoms with E-state index in [9.17, 15) is 24.0 Å². The van der Waals surface area contributed by atoms with Crippen LogP contribution in [0.2, 0.25) is 0 Å². The summed E-state index contributed by atoms with van der Waals surface area (Å²) < 4.78 is 0. The Hall–Kier alpha value is -3.52. The van der Waals surface area contributed by atoms with Crippen LogP contribution in [0.5, 0.6) is 0 Å². The van der Waals surface area contributed by atoms with E-state index in [1.54, 1.807) is 0 Å². The van der Waals surface area contributed by atoms with Crippen LogP contribution < -0.4 is 21.7 Å². The standard InChI is InChI=1S/C15H22N6O8/c16-3-11(23)19-8(1-7-4-17-6-18-7)13(26)20-9(2-12(24)25)14(27)21-10(5-22)15(28)29/h4,6,8-10,22H,1-3,5,16H2,(H,17,18)(H,19,23)(H,20,26)(H,21,27)(H,24,25)(H,28,29). The zero-order chi connectivity index (χ0) is 22.0. The Morgan fingerprint density at radius 1 is 1.03 bits per heavy atom. The van der Waals surface area contributed by atoms with Gasteiger partial charge in [-0.2, -0.15) is 0 Å². The first-order valence-corrected chi connectivity index (χ1v) is 8.30. The number of carbonyl (C=O) groups excluding carboxylic acids is 3. The van der Waals surface area contributed by atoms with E-state index >= 15 is 0 Å². The molecule has 0 saturated carbocycles. The molecule has 0 bridgehead atoms. The largest absolute Gasteiger partial charge is 0.481 e. The summed E-state index contributed by atoms with van der Waals surface area (Å²) in [6.45, 7) is -1.35. The first-order chi connectivity index (χ1) is 13.7. The van der Waals surface area contributed by atoms with Gasteiger partial charge in [0.2, 0.25) is 17.7 Å². The molecule has 1 rings (SSSR count). The Balaban J connectivity index is 2.95. The van der Waals surface area contributed by atoms with Gasteiger partial charge in [0.25, 0.3) is 0 Å². The van der Waals surface area contributed by atoms with E-state index in [0.717, 1.165) is 0 Å². The predicted molar refractivity (Wildman–Crippen MR) is 94.1 cm³/mol. The average Bonchev–Trinajstić information content (AvgIpc) is 3.16. The van der Waals surface area contributed by atoms with Crippen LogP contribution in [-0.4, -0.2) is 86.2 Å². The maximum atomic E-state index is 12.6. The lowest BCUT2D eigenvalue weighted by Gasteiger charge is -2.23. The van der Waals surface area contributed by atoms with E-state index in [0.29, 0.717) is 5.69 Å². The topological polar surface area (TPSA) is 237 Å². The van der Waals surface area contributed by atoms with Gasteiger partial charge in [-0.15, -0.1) is 0 Å². The average molecular weight is 414 g/mol. The molecule has 14 nitrogen and oxygen atoms in total. The number of nitrogens with one attached hydrogen (secondary N) is 4. The van der Waals surface area contributed by atoms with Crippen LogP contribution >= 0.6 is 0 Å². The quantitative estimate of drug-likeness (QED) is 0.164. The number of carbonyl (C=O) groups is 5. The maximum absolute atomic E-state index is 12.6. The number of aromatic nitrogens is 2. The van der Waals surface area contributed by atoms with Crippen molar-refractivity contribution in [2.45, 2.75) is 31.0 Å². The Kier molecular flexibility index (Phi) is 9.21. The molecule has 9 N–H and O–H groups in total. The summed E-state index contributed by atoms with van der Waals surface area (Å²) in [6.07, 6.45) is 1.82. The Morgan fingerprint density at radius 2 is 1.66 bits per heavy atom. The highest BCUT2D eigenvalue weighted by molar-refractivity contribution is 5.95. The molecule has 0 fully saturated rings. The number of hydrogen-bond donors (Lipinski definition) is 8. The number of aliphatic hydroxyl groups excluding tert-OH is 1. The van der Waals surface area contributed by atoms with Crippen molar-refractivity contribution in [3.8, 4) is 0 Å². The molecule has 14 heteroatoms. The SMILES string of the molecule is NCC(=O)NC(Cc1cnc[nH]1)C(=O)NC(CC(=O)O)C(=O)NC(CO)C(=O)O. The lowest BCUT2D eigenvalue weighted by Crippen LogP contribution is -2.57. The van der Waals surface area contributed by atoms with Crippen LogP contribution in [0, 0.1) is 0 Å². The molecule has 0 aliphatic heterocycles. The number of imidazole rings is 1. The van der Waals surface area contributed by atoms with Gasteiger partial charge < -0.3 is 42.0 Å². The van der Waals surface area contributed by atoms with Crippen molar-refractivity contribution < 1.29 is 39.3 Å². The predicted octanol–water partition coefficient (Wildman–Crippen LogP) is -4.08. The minimum Gasteiger partial charge on any atom is -0.481 e. The minimum absolute atomic E-state index is 0.0621. The molecule has 1 heterocycles. The van der Waals surface area contributed by atoms with Crippen molar-refractivity contribution in [3.05, 3.63) is 18.2 Å². The van der Waals surface area contributed by atoms with Gasteiger partial charge in [0.05, 0.1) is 25.9 Å². The highest BCUT2D eigenvalue weighted by Crippen LogP contribution is 2.02. The van der Waals surface area contributed by atoms with Crippen molar-refractivity contribution in [1.82, 2.24) is 25.9 Å². The molecule has 0 aliphatic carbocycles. The van der Waals surface area contributed by atoms with Crippen molar-refractivity contribution in [3.63, 3.8) is 0 Å². The van der Waals surface area contributed by atoms with Gasteiger partial charge >= 0.3 is 11.9 Å². The smallest absolute Gasteiger partial charge is 0.328 e. The van der Waals surface area contributed by atoms with Crippen LogP contribution in [-0.2, 0) is 30.4 Å². The maximum Gasteiger partial charge on any atom is 0.328 e. The summed E-state index contributed by atoms with van der Waals surface area (Å²) in [5.41, 5.74) is 5.69. The van der Waals surface area contributed by atoms with E-state index in [1.807, 2.05) is 5.32 Å². The first-order valence-electron chi connectivity index (χ1n) is 8.30. The Morgan fingerprint density at radius 3 is 2.14 bits per heavy atom. The monoisotopic (exact) mass is 414 g/mol. The highest BCUT2D eigenvalue weighted by Gasteiger charge is 2.31. The fourth-order valence-corrected chi connectivity index (χ4v) is 2.19. The molecule has 0 saturated heterocycles. The number of nitrogens with zero attached hydrogens (tertiary/aromatic N) is 1. The lowest BCUT2D eigenvalue weighted by molar-refractivity contribution is -0.144. The summed E-state index contributed by atoms with van der Waals surface area (Å²) >= 11 is 0. The summed E-state index contributed by atoms with van der Waals surface area (Å²) in [7, 11) is 0. The van der Waals surface area contributed by atoms with Crippen LogP contribution in [0.15, 0.2) is 12.5 Å². The van der Waals surface area contributed by atoms with Crippen LogP contribution in [0.25, 0.3) is 0 Å². The molecule has 0 aliphatic rings. The molecule has 3 unspecified atom stereocenters. The number of amides is 3. The van der Waals surface area contributed by atoms with Crippen molar-refractivity contribution in [2.75, 3.05) is 13.2 Å². The second-order valence-corrected chi connectivity index (χ2v) is 5.85. The number of aliphatic hydroxyl groups is 1. The van der Waals surface area contributed by atoms with Crippen molar-refractivity contribution >= 4 is 29.7 Å². The van der Waals surface area contributed by atoms with Crippen LogP contribution in [0.3, 0.4) is 0 Å².